The van der Waals surface area contributed by atoms with Crippen molar-refractivity contribution in [2.75, 3.05) is 20.8 Å². The van der Waals surface area contributed by atoms with Crippen LogP contribution in [0.3, 0.4) is 0 Å². The van der Waals surface area contributed by atoms with Crippen molar-refractivity contribution in [1.82, 2.24) is 5.43 Å². The van der Waals surface area contributed by atoms with Gasteiger partial charge < -0.3 is 19.3 Å². The number of hydrazone groups is 1. The van der Waals surface area contributed by atoms with E-state index in [2.05, 4.69) is 10.5 Å². The van der Waals surface area contributed by atoms with Crippen LogP contribution in [-0.2, 0) is 4.79 Å². The average Bonchev–Trinajstić information content (AvgIpc) is 2.65. The normalized spacial score (nSPS) is 10.5. The van der Waals surface area contributed by atoms with Crippen molar-refractivity contribution in [1.29, 1.82) is 0 Å². The van der Waals surface area contributed by atoms with Crippen LogP contribution in [0.2, 0.25) is 0 Å². The molecule has 1 amide bonds. The molecule has 0 heterocycles. The Bertz CT molecular complexity index is 863. The number of methoxy groups -OCH3 is 2. The zero-order valence-electron chi connectivity index (χ0n) is 15.2. The lowest BCUT2D eigenvalue weighted by Crippen LogP contribution is -2.24. The Morgan fingerprint density at radius 2 is 1.96 bits per heavy atom. The fraction of sp³-hybridized carbons (Fsp3) is 0.211. The van der Waals surface area contributed by atoms with Crippen LogP contribution < -0.4 is 19.6 Å². The molecule has 0 fully saturated rings. The molecule has 8 heteroatoms. The molecular weight excluding hydrogens is 352 g/mol. The van der Waals surface area contributed by atoms with Crippen LogP contribution in [0.15, 0.2) is 41.5 Å². The van der Waals surface area contributed by atoms with Crippen LogP contribution in [0.5, 0.6) is 17.2 Å². The molecule has 0 atom stereocenters. The van der Waals surface area contributed by atoms with E-state index < -0.39 is 11.9 Å². The summed E-state index contributed by atoms with van der Waals surface area (Å²) >= 11 is 0. The van der Waals surface area contributed by atoms with Crippen LogP contribution >= 0.6 is 0 Å². The number of aryl methyl sites for hydroxylation is 1. The van der Waals surface area contributed by atoms with Crippen LogP contribution in [0.25, 0.3) is 0 Å². The number of aromatic carboxylic acids is 1. The summed E-state index contributed by atoms with van der Waals surface area (Å²) in [4.78, 5) is 23.4. The van der Waals surface area contributed by atoms with Crippen molar-refractivity contribution >= 4 is 18.1 Å². The van der Waals surface area contributed by atoms with Gasteiger partial charge in [0.25, 0.3) is 5.91 Å². The predicted octanol–water partition coefficient (Wildman–Crippen LogP) is 2.24. The number of carboxylic acid groups (broad SMARTS) is 1. The van der Waals surface area contributed by atoms with Gasteiger partial charge in [0.1, 0.15) is 11.3 Å². The number of hydrogen-bond donors (Lipinski definition) is 2. The molecule has 0 aromatic heterocycles. The molecule has 0 aliphatic carbocycles. The molecule has 2 aromatic carbocycles. The summed E-state index contributed by atoms with van der Waals surface area (Å²) in [5, 5.41) is 13.2. The summed E-state index contributed by atoms with van der Waals surface area (Å²) in [5.74, 6) is -0.765. The minimum Gasteiger partial charge on any atom is -0.493 e. The summed E-state index contributed by atoms with van der Waals surface area (Å²) in [6.07, 6.45) is 1.22. The van der Waals surface area contributed by atoms with Gasteiger partial charge in [-0.25, -0.2) is 10.2 Å². The molecule has 27 heavy (non-hydrogen) atoms. The zero-order valence-corrected chi connectivity index (χ0v) is 15.2. The molecule has 2 N–H and O–H groups in total. The van der Waals surface area contributed by atoms with E-state index in [1.807, 2.05) is 19.1 Å². The van der Waals surface area contributed by atoms with E-state index in [1.54, 1.807) is 18.2 Å². The van der Waals surface area contributed by atoms with Crippen molar-refractivity contribution in [3.05, 3.63) is 53.1 Å². The quantitative estimate of drug-likeness (QED) is 0.544. The average molecular weight is 372 g/mol. The fourth-order valence-corrected chi connectivity index (χ4v) is 2.33. The number of nitrogens with zero attached hydrogens (tertiary/aromatic N) is 1. The molecule has 0 spiro atoms. The van der Waals surface area contributed by atoms with Crippen LogP contribution in [0.4, 0.5) is 0 Å². The molecule has 0 aliphatic heterocycles. The lowest BCUT2D eigenvalue weighted by atomic mass is 10.1. The summed E-state index contributed by atoms with van der Waals surface area (Å²) in [6, 6.07) is 10.3. The van der Waals surface area contributed by atoms with Crippen molar-refractivity contribution in [2.45, 2.75) is 6.92 Å². The standard InChI is InChI=1S/C19H20N2O6/c1-12-5-4-6-14(9-12)27-11-16(22)21-20-10-13-7-8-15(25-2)18(26-3)17(13)19(23)24/h4-10H,11H2,1-3H3,(H,21,22)(H,23,24)/b20-10+. The highest BCUT2D eigenvalue weighted by molar-refractivity contribution is 6.02. The molecule has 0 bridgehead atoms. The number of carbonyl (C=O) groups is 2. The number of carboxylic acids is 1. The van der Waals surface area contributed by atoms with Gasteiger partial charge in [-0.3, -0.25) is 4.79 Å². The van der Waals surface area contributed by atoms with Crippen LogP contribution in [0, 0.1) is 6.92 Å². The Labute approximate surface area is 156 Å². The first-order valence-corrected chi connectivity index (χ1v) is 7.96. The number of ether oxygens (including phenoxy) is 3. The molecule has 2 aromatic rings. The number of hydrogen-bond acceptors (Lipinski definition) is 6. The van der Waals surface area contributed by atoms with Gasteiger partial charge in [0.05, 0.1) is 20.4 Å². The molecule has 0 radical (unpaired) electrons. The van der Waals surface area contributed by atoms with Crippen molar-refractivity contribution < 1.29 is 28.9 Å². The van der Waals surface area contributed by atoms with Gasteiger partial charge in [-0.2, -0.15) is 5.10 Å². The number of rotatable bonds is 8. The van der Waals surface area contributed by atoms with Crippen molar-refractivity contribution in [2.24, 2.45) is 5.10 Å². The number of benzene rings is 2. The highest BCUT2D eigenvalue weighted by atomic mass is 16.5. The summed E-state index contributed by atoms with van der Waals surface area (Å²) in [6.45, 7) is 1.69. The Balaban J connectivity index is 2.05. The van der Waals surface area contributed by atoms with Crippen LogP contribution in [0.1, 0.15) is 21.5 Å². The van der Waals surface area contributed by atoms with Gasteiger partial charge in [-0.1, -0.05) is 12.1 Å². The zero-order chi connectivity index (χ0) is 19.8. The molecule has 8 nitrogen and oxygen atoms in total. The lowest BCUT2D eigenvalue weighted by molar-refractivity contribution is -0.123. The largest absolute Gasteiger partial charge is 0.493 e. The van der Waals surface area contributed by atoms with Crippen molar-refractivity contribution in [3.8, 4) is 17.2 Å². The number of amides is 1. The van der Waals surface area contributed by atoms with E-state index in [0.717, 1.165) is 5.56 Å². The maximum Gasteiger partial charge on any atom is 0.340 e. The predicted molar refractivity (Wildman–Crippen MR) is 98.9 cm³/mol. The molecular formula is C19H20N2O6. The van der Waals surface area contributed by atoms with Crippen LogP contribution in [-0.4, -0.2) is 44.0 Å². The minimum absolute atomic E-state index is 0.0723. The highest BCUT2D eigenvalue weighted by Gasteiger charge is 2.20. The lowest BCUT2D eigenvalue weighted by Gasteiger charge is -2.12. The van der Waals surface area contributed by atoms with Crippen molar-refractivity contribution in [3.63, 3.8) is 0 Å². The van der Waals surface area contributed by atoms with Gasteiger partial charge in [0.15, 0.2) is 18.1 Å². The summed E-state index contributed by atoms with van der Waals surface area (Å²) in [7, 11) is 2.75. The maximum atomic E-state index is 11.8. The van der Waals surface area contributed by atoms with Gasteiger partial charge in [0, 0.05) is 5.56 Å². The first-order valence-electron chi connectivity index (χ1n) is 7.96. The second-order valence-electron chi connectivity index (χ2n) is 5.47. The van der Waals surface area contributed by atoms with Gasteiger partial charge in [-0.15, -0.1) is 0 Å². The third kappa shape index (κ3) is 5.21. The van der Waals surface area contributed by atoms with E-state index in [-0.39, 0.29) is 29.2 Å². The molecule has 2 rings (SSSR count). The van der Waals surface area contributed by atoms with E-state index in [0.29, 0.717) is 5.75 Å². The summed E-state index contributed by atoms with van der Waals surface area (Å²) < 4.78 is 15.6. The Morgan fingerprint density at radius 3 is 2.59 bits per heavy atom. The molecule has 0 saturated carbocycles. The molecule has 0 saturated heterocycles. The Morgan fingerprint density at radius 1 is 1.19 bits per heavy atom. The topological polar surface area (TPSA) is 106 Å². The van der Waals surface area contributed by atoms with Gasteiger partial charge >= 0.3 is 5.97 Å². The smallest absolute Gasteiger partial charge is 0.340 e. The molecule has 142 valence electrons. The number of carbonyl (C=O) groups excluding carboxylic acids is 1. The fourth-order valence-electron chi connectivity index (χ4n) is 2.33. The number of nitrogens with one attached hydrogen (secondary N) is 1. The Kier molecular flexibility index (Phi) is 6.76. The molecule has 0 aliphatic rings. The second-order valence-corrected chi connectivity index (χ2v) is 5.47. The SMILES string of the molecule is COc1ccc(/C=N/NC(=O)COc2cccc(C)c2)c(C(=O)O)c1OC. The Hall–Kier alpha value is -3.55. The summed E-state index contributed by atoms with van der Waals surface area (Å²) in [5.41, 5.74) is 3.43. The highest BCUT2D eigenvalue weighted by Crippen LogP contribution is 2.32. The van der Waals surface area contributed by atoms with E-state index in [1.165, 1.54) is 26.5 Å². The van der Waals surface area contributed by atoms with E-state index in [9.17, 15) is 14.7 Å². The second kappa shape index (κ2) is 9.23. The monoisotopic (exact) mass is 372 g/mol. The molecule has 0 unspecified atom stereocenters. The van der Waals surface area contributed by atoms with Gasteiger partial charge in [0.2, 0.25) is 0 Å². The first-order chi connectivity index (χ1) is 13.0. The third-order valence-corrected chi connectivity index (χ3v) is 3.54. The van der Waals surface area contributed by atoms with Gasteiger partial charge in [-0.05, 0) is 36.8 Å². The third-order valence-electron chi connectivity index (χ3n) is 3.54. The van der Waals surface area contributed by atoms with E-state index in [4.69, 9.17) is 14.2 Å². The van der Waals surface area contributed by atoms with E-state index >= 15 is 0 Å². The maximum absolute atomic E-state index is 11.8. The minimum atomic E-state index is -1.21. The first kappa shape index (κ1) is 19.8.